The van der Waals surface area contributed by atoms with Gasteiger partial charge in [-0.3, -0.25) is 4.79 Å². The van der Waals surface area contributed by atoms with E-state index in [-0.39, 0.29) is 11.8 Å². The summed E-state index contributed by atoms with van der Waals surface area (Å²) in [6, 6.07) is 26.1. The molecule has 1 heterocycles. The normalized spacial score (nSPS) is 11.9. The molecule has 0 aliphatic heterocycles. The molecule has 30 heavy (non-hydrogen) atoms. The van der Waals surface area contributed by atoms with Gasteiger partial charge in [0.1, 0.15) is 5.82 Å². The second-order valence-electron chi connectivity index (χ2n) is 7.72. The fourth-order valence-electron chi connectivity index (χ4n) is 3.67. The van der Waals surface area contributed by atoms with E-state index >= 15 is 0 Å². The molecule has 0 aliphatic carbocycles. The Morgan fingerprint density at radius 1 is 1.00 bits per heavy atom. The molecule has 1 atom stereocenters. The van der Waals surface area contributed by atoms with Crippen LogP contribution in [0.2, 0.25) is 0 Å². The Morgan fingerprint density at radius 2 is 1.73 bits per heavy atom. The Hall–Kier alpha value is -3.66. The standard InChI is InChI=1S/C26H25N3O/c1-17-8-6-7-11-23(17)19-12-13-24-20(15-19)16-21(25(27)29-24)14-18(2)26(30)28-22-9-4-3-5-10-22/h3-13,15-16,18H,14H2,1-2H3,(H2,27,29)(H,28,30). The maximum absolute atomic E-state index is 12.6. The minimum atomic E-state index is -0.230. The van der Waals surface area contributed by atoms with Crippen LogP contribution < -0.4 is 11.1 Å². The third kappa shape index (κ3) is 4.18. The number of aryl methyl sites for hydroxylation is 1. The molecule has 4 rings (SSSR count). The van der Waals surface area contributed by atoms with Crippen molar-refractivity contribution in [2.45, 2.75) is 20.3 Å². The molecule has 1 amide bonds. The number of nitrogen functional groups attached to an aromatic ring is 1. The molecular formula is C26H25N3O. The highest BCUT2D eigenvalue weighted by Gasteiger charge is 2.16. The number of nitrogens with two attached hydrogens (primary N) is 1. The zero-order valence-corrected chi connectivity index (χ0v) is 17.2. The summed E-state index contributed by atoms with van der Waals surface area (Å²) in [6.07, 6.45) is 0.530. The zero-order chi connectivity index (χ0) is 21.1. The molecular weight excluding hydrogens is 370 g/mol. The van der Waals surface area contributed by atoms with Gasteiger partial charge < -0.3 is 11.1 Å². The fourth-order valence-corrected chi connectivity index (χ4v) is 3.67. The molecule has 1 aromatic heterocycles. The maximum atomic E-state index is 12.6. The van der Waals surface area contributed by atoms with Crippen molar-refractivity contribution in [3.63, 3.8) is 0 Å². The number of benzene rings is 3. The lowest BCUT2D eigenvalue weighted by Gasteiger charge is -2.14. The van der Waals surface area contributed by atoms with E-state index in [9.17, 15) is 4.79 Å². The average Bonchev–Trinajstić information content (AvgIpc) is 2.75. The summed E-state index contributed by atoms with van der Waals surface area (Å²) in [7, 11) is 0. The van der Waals surface area contributed by atoms with Gasteiger partial charge in [-0.2, -0.15) is 0 Å². The van der Waals surface area contributed by atoms with Crippen molar-refractivity contribution in [2.24, 2.45) is 5.92 Å². The number of fused-ring (bicyclic) bond motifs is 1. The van der Waals surface area contributed by atoms with E-state index in [1.807, 2.05) is 55.5 Å². The molecule has 4 heteroatoms. The fraction of sp³-hybridized carbons (Fsp3) is 0.154. The summed E-state index contributed by atoms with van der Waals surface area (Å²) >= 11 is 0. The van der Waals surface area contributed by atoms with Gasteiger partial charge in [0.25, 0.3) is 0 Å². The zero-order valence-electron chi connectivity index (χ0n) is 17.2. The highest BCUT2D eigenvalue weighted by molar-refractivity contribution is 5.93. The first-order valence-corrected chi connectivity index (χ1v) is 10.1. The number of aromatic nitrogens is 1. The van der Waals surface area contributed by atoms with Crippen LogP contribution in [0.15, 0.2) is 78.9 Å². The van der Waals surface area contributed by atoms with Gasteiger partial charge in [0.05, 0.1) is 5.52 Å². The lowest BCUT2D eigenvalue weighted by molar-refractivity contribution is -0.119. The largest absolute Gasteiger partial charge is 0.383 e. The second-order valence-corrected chi connectivity index (χ2v) is 7.72. The van der Waals surface area contributed by atoms with Crippen LogP contribution in [0.5, 0.6) is 0 Å². The Labute approximate surface area is 176 Å². The molecule has 0 spiro atoms. The number of carbonyl (C=O) groups is 1. The summed E-state index contributed by atoms with van der Waals surface area (Å²) < 4.78 is 0. The topological polar surface area (TPSA) is 68.0 Å². The summed E-state index contributed by atoms with van der Waals surface area (Å²) in [5.74, 6) is 0.214. The average molecular weight is 396 g/mol. The summed E-state index contributed by atoms with van der Waals surface area (Å²) in [6.45, 7) is 4.02. The van der Waals surface area contributed by atoms with Crippen molar-refractivity contribution in [1.29, 1.82) is 0 Å². The van der Waals surface area contributed by atoms with Crippen LogP contribution in [0.1, 0.15) is 18.1 Å². The number of pyridine rings is 1. The van der Waals surface area contributed by atoms with E-state index in [0.29, 0.717) is 12.2 Å². The number of para-hydroxylation sites is 1. The van der Waals surface area contributed by atoms with Crippen LogP contribution in [-0.4, -0.2) is 10.9 Å². The number of rotatable bonds is 5. The van der Waals surface area contributed by atoms with Gasteiger partial charge in [0.2, 0.25) is 5.91 Å². The van der Waals surface area contributed by atoms with E-state index in [2.05, 4.69) is 47.6 Å². The third-order valence-electron chi connectivity index (χ3n) is 5.40. The van der Waals surface area contributed by atoms with Crippen LogP contribution in [0.3, 0.4) is 0 Å². The van der Waals surface area contributed by atoms with Gasteiger partial charge in [0.15, 0.2) is 0 Å². The van der Waals surface area contributed by atoms with E-state index in [0.717, 1.165) is 27.7 Å². The minimum Gasteiger partial charge on any atom is -0.383 e. The first-order valence-electron chi connectivity index (χ1n) is 10.1. The Kier molecular flexibility index (Phi) is 5.48. The van der Waals surface area contributed by atoms with Gasteiger partial charge in [-0.25, -0.2) is 4.98 Å². The van der Waals surface area contributed by atoms with Gasteiger partial charge in [-0.1, -0.05) is 55.5 Å². The van der Waals surface area contributed by atoms with Crippen molar-refractivity contribution >= 4 is 28.3 Å². The Morgan fingerprint density at radius 3 is 2.50 bits per heavy atom. The molecule has 0 aliphatic rings. The molecule has 3 aromatic carbocycles. The van der Waals surface area contributed by atoms with Gasteiger partial charge in [-0.05, 0) is 65.9 Å². The number of amides is 1. The minimum absolute atomic E-state index is 0.0330. The van der Waals surface area contributed by atoms with Crippen LogP contribution in [-0.2, 0) is 11.2 Å². The molecule has 0 bridgehead atoms. The van der Waals surface area contributed by atoms with E-state index in [1.165, 1.54) is 11.1 Å². The Balaban J connectivity index is 1.60. The van der Waals surface area contributed by atoms with E-state index in [4.69, 9.17) is 5.73 Å². The SMILES string of the molecule is Cc1ccccc1-c1ccc2nc(N)c(CC(C)C(=O)Nc3ccccc3)cc2c1. The van der Waals surface area contributed by atoms with Crippen molar-refractivity contribution in [2.75, 3.05) is 11.1 Å². The number of carbonyl (C=O) groups excluding carboxylic acids is 1. The molecule has 1 unspecified atom stereocenters. The predicted octanol–water partition coefficient (Wildman–Crippen LogP) is 5.61. The summed E-state index contributed by atoms with van der Waals surface area (Å²) in [4.78, 5) is 17.2. The number of hydrogen-bond acceptors (Lipinski definition) is 3. The molecule has 0 radical (unpaired) electrons. The smallest absolute Gasteiger partial charge is 0.227 e. The predicted molar refractivity (Wildman–Crippen MR) is 124 cm³/mol. The van der Waals surface area contributed by atoms with Gasteiger partial charge in [-0.15, -0.1) is 0 Å². The van der Waals surface area contributed by atoms with E-state index in [1.54, 1.807) is 0 Å². The molecule has 0 saturated carbocycles. The van der Waals surface area contributed by atoms with Gasteiger partial charge in [0, 0.05) is 17.0 Å². The first-order chi connectivity index (χ1) is 14.5. The quantitative estimate of drug-likeness (QED) is 0.461. The van der Waals surface area contributed by atoms with Crippen molar-refractivity contribution in [3.8, 4) is 11.1 Å². The van der Waals surface area contributed by atoms with Crippen LogP contribution in [0.25, 0.3) is 22.0 Å². The van der Waals surface area contributed by atoms with Crippen LogP contribution in [0, 0.1) is 12.8 Å². The highest BCUT2D eigenvalue weighted by Crippen LogP contribution is 2.28. The summed E-state index contributed by atoms with van der Waals surface area (Å²) in [5.41, 5.74) is 12.3. The van der Waals surface area contributed by atoms with Crippen molar-refractivity contribution in [3.05, 3.63) is 90.0 Å². The lowest BCUT2D eigenvalue weighted by atomic mass is 9.96. The maximum Gasteiger partial charge on any atom is 0.227 e. The van der Waals surface area contributed by atoms with Crippen molar-refractivity contribution in [1.82, 2.24) is 4.98 Å². The Bertz CT molecular complexity index is 1200. The lowest BCUT2D eigenvalue weighted by Crippen LogP contribution is -2.22. The molecule has 4 nitrogen and oxygen atoms in total. The van der Waals surface area contributed by atoms with Crippen LogP contribution >= 0.6 is 0 Å². The number of hydrogen-bond donors (Lipinski definition) is 2. The molecule has 3 N–H and O–H groups in total. The first kappa shape index (κ1) is 19.6. The van der Waals surface area contributed by atoms with E-state index < -0.39 is 0 Å². The molecule has 0 fully saturated rings. The number of anilines is 2. The van der Waals surface area contributed by atoms with Crippen molar-refractivity contribution < 1.29 is 4.79 Å². The summed E-state index contributed by atoms with van der Waals surface area (Å²) in [5, 5.41) is 3.98. The monoisotopic (exact) mass is 395 g/mol. The van der Waals surface area contributed by atoms with Crippen LogP contribution in [0.4, 0.5) is 11.5 Å². The number of nitrogens with one attached hydrogen (secondary N) is 1. The molecule has 4 aromatic rings. The third-order valence-corrected chi connectivity index (χ3v) is 5.40. The second kappa shape index (κ2) is 8.37. The highest BCUT2D eigenvalue weighted by atomic mass is 16.1. The molecule has 0 saturated heterocycles. The van der Waals surface area contributed by atoms with Gasteiger partial charge >= 0.3 is 0 Å². The number of nitrogens with zero attached hydrogens (tertiary/aromatic N) is 1. The molecule has 150 valence electrons.